The molecule has 0 saturated carbocycles. The molecule has 2 heterocycles. The SMILES string of the molecule is COC(=O)c1ccc2c(=O)n(CC(C)C)c(SCc3cc(=O)oc4cc(C)c(C)cc34)nc2c1. The van der Waals surface area contributed by atoms with Crippen LogP contribution in [0, 0.1) is 19.8 Å². The van der Waals surface area contributed by atoms with Crippen molar-refractivity contribution in [2.24, 2.45) is 5.92 Å². The van der Waals surface area contributed by atoms with Crippen LogP contribution in [0.25, 0.3) is 21.9 Å². The van der Waals surface area contributed by atoms with Crippen molar-refractivity contribution in [1.82, 2.24) is 9.55 Å². The summed E-state index contributed by atoms with van der Waals surface area (Å²) < 4.78 is 11.9. The molecule has 0 aliphatic rings. The summed E-state index contributed by atoms with van der Waals surface area (Å²) in [6, 6.07) is 10.1. The highest BCUT2D eigenvalue weighted by Gasteiger charge is 2.16. The van der Waals surface area contributed by atoms with Gasteiger partial charge in [-0.05, 0) is 66.8 Å². The Balaban J connectivity index is 1.82. The molecule has 0 radical (unpaired) electrons. The van der Waals surface area contributed by atoms with Gasteiger partial charge in [-0.3, -0.25) is 9.36 Å². The van der Waals surface area contributed by atoms with E-state index in [0.29, 0.717) is 39.5 Å². The van der Waals surface area contributed by atoms with Gasteiger partial charge in [-0.2, -0.15) is 0 Å². The highest BCUT2D eigenvalue weighted by molar-refractivity contribution is 7.98. The molecular weight excluding hydrogens is 452 g/mol. The van der Waals surface area contributed by atoms with E-state index in [2.05, 4.69) is 0 Å². The highest BCUT2D eigenvalue weighted by atomic mass is 32.2. The Labute approximate surface area is 200 Å². The number of ether oxygens (including phenoxy) is 1. The highest BCUT2D eigenvalue weighted by Crippen LogP contribution is 2.28. The average Bonchev–Trinajstić information content (AvgIpc) is 2.79. The fraction of sp³-hybridized carbons (Fsp3) is 0.308. The smallest absolute Gasteiger partial charge is 0.337 e. The van der Waals surface area contributed by atoms with E-state index < -0.39 is 11.6 Å². The molecule has 0 saturated heterocycles. The minimum absolute atomic E-state index is 0.165. The molecule has 0 aliphatic heterocycles. The Bertz CT molecular complexity index is 1530. The second-order valence-electron chi connectivity index (χ2n) is 8.74. The first-order chi connectivity index (χ1) is 16.2. The van der Waals surface area contributed by atoms with Crippen LogP contribution in [0.3, 0.4) is 0 Å². The van der Waals surface area contributed by atoms with Gasteiger partial charge in [-0.15, -0.1) is 0 Å². The summed E-state index contributed by atoms with van der Waals surface area (Å²) in [7, 11) is 1.31. The minimum Gasteiger partial charge on any atom is -0.465 e. The van der Waals surface area contributed by atoms with Crippen molar-refractivity contribution in [2.75, 3.05) is 7.11 Å². The molecule has 2 aromatic carbocycles. The molecule has 0 spiro atoms. The van der Waals surface area contributed by atoms with Crippen molar-refractivity contribution in [1.29, 1.82) is 0 Å². The molecule has 4 rings (SSSR count). The van der Waals surface area contributed by atoms with Crippen LogP contribution >= 0.6 is 11.8 Å². The van der Waals surface area contributed by atoms with Gasteiger partial charge in [0.2, 0.25) is 0 Å². The molecule has 8 heteroatoms. The summed E-state index contributed by atoms with van der Waals surface area (Å²) in [4.78, 5) is 42.2. The zero-order chi connectivity index (χ0) is 24.6. The summed E-state index contributed by atoms with van der Waals surface area (Å²) in [6.07, 6.45) is 0. The molecule has 0 atom stereocenters. The maximum absolute atomic E-state index is 13.3. The molecule has 7 nitrogen and oxygen atoms in total. The first-order valence-corrected chi connectivity index (χ1v) is 12.0. The van der Waals surface area contributed by atoms with E-state index in [0.717, 1.165) is 22.1 Å². The van der Waals surface area contributed by atoms with Gasteiger partial charge in [0.1, 0.15) is 5.58 Å². The van der Waals surface area contributed by atoms with Gasteiger partial charge in [0.15, 0.2) is 5.16 Å². The van der Waals surface area contributed by atoms with E-state index in [1.165, 1.54) is 24.9 Å². The molecule has 0 fully saturated rings. The van der Waals surface area contributed by atoms with E-state index in [1.54, 1.807) is 22.8 Å². The van der Waals surface area contributed by atoms with Gasteiger partial charge < -0.3 is 9.15 Å². The van der Waals surface area contributed by atoms with Gasteiger partial charge in [0.25, 0.3) is 5.56 Å². The lowest BCUT2D eigenvalue weighted by Gasteiger charge is -2.15. The maximum Gasteiger partial charge on any atom is 0.337 e. The van der Waals surface area contributed by atoms with Crippen LogP contribution < -0.4 is 11.2 Å². The molecular formula is C26H26N2O5S. The number of thioether (sulfide) groups is 1. The van der Waals surface area contributed by atoms with Crippen LogP contribution in [0.2, 0.25) is 0 Å². The van der Waals surface area contributed by atoms with Crippen molar-refractivity contribution < 1.29 is 13.9 Å². The maximum atomic E-state index is 13.3. The number of carbonyl (C=O) groups excluding carboxylic acids is 1. The number of benzene rings is 2. The third-order valence-electron chi connectivity index (χ3n) is 5.69. The summed E-state index contributed by atoms with van der Waals surface area (Å²) in [5.74, 6) is 0.162. The Morgan fingerprint density at radius 1 is 1.09 bits per heavy atom. The van der Waals surface area contributed by atoms with E-state index in [4.69, 9.17) is 14.1 Å². The van der Waals surface area contributed by atoms with Gasteiger partial charge in [0.05, 0.1) is 23.6 Å². The lowest BCUT2D eigenvalue weighted by Crippen LogP contribution is -2.25. The largest absolute Gasteiger partial charge is 0.465 e. The normalized spacial score (nSPS) is 11.5. The zero-order valence-corrected chi connectivity index (χ0v) is 20.6. The van der Waals surface area contributed by atoms with Crippen LogP contribution in [0.5, 0.6) is 0 Å². The molecule has 0 amide bonds. The predicted octanol–water partition coefficient (Wildman–Crippen LogP) is 4.85. The Kier molecular flexibility index (Phi) is 6.61. The van der Waals surface area contributed by atoms with Crippen molar-refractivity contribution in [3.63, 3.8) is 0 Å². The number of hydrogen-bond donors (Lipinski definition) is 0. The number of aromatic nitrogens is 2. The van der Waals surface area contributed by atoms with E-state index in [9.17, 15) is 14.4 Å². The molecule has 0 unspecified atom stereocenters. The number of esters is 1. The molecule has 0 N–H and O–H groups in total. The molecule has 176 valence electrons. The van der Waals surface area contributed by atoms with Crippen molar-refractivity contribution >= 4 is 39.6 Å². The Morgan fingerprint density at radius 3 is 2.53 bits per heavy atom. The van der Waals surface area contributed by atoms with Crippen LogP contribution in [0.1, 0.15) is 40.9 Å². The molecule has 2 aromatic heterocycles. The second kappa shape index (κ2) is 9.46. The third-order valence-corrected chi connectivity index (χ3v) is 6.72. The van der Waals surface area contributed by atoms with Crippen LogP contribution in [-0.4, -0.2) is 22.6 Å². The number of fused-ring (bicyclic) bond motifs is 2. The van der Waals surface area contributed by atoms with Gasteiger partial charge in [-0.1, -0.05) is 25.6 Å². The van der Waals surface area contributed by atoms with Gasteiger partial charge in [-0.25, -0.2) is 14.6 Å². The summed E-state index contributed by atoms with van der Waals surface area (Å²) in [5, 5.41) is 1.83. The Hall–Kier alpha value is -3.39. The number of hydrogen-bond acceptors (Lipinski definition) is 7. The van der Waals surface area contributed by atoms with Gasteiger partial charge >= 0.3 is 11.6 Å². The van der Waals surface area contributed by atoms with E-state index in [-0.39, 0.29) is 11.5 Å². The predicted molar refractivity (Wildman–Crippen MR) is 134 cm³/mol. The molecule has 4 aromatic rings. The quantitative estimate of drug-likeness (QED) is 0.169. The monoisotopic (exact) mass is 478 g/mol. The molecule has 0 aliphatic carbocycles. The number of rotatable bonds is 6. The van der Waals surface area contributed by atoms with Crippen LogP contribution in [-0.2, 0) is 17.0 Å². The lowest BCUT2D eigenvalue weighted by atomic mass is 10.0. The van der Waals surface area contributed by atoms with Crippen molar-refractivity contribution in [2.45, 2.75) is 45.1 Å². The fourth-order valence-corrected chi connectivity index (χ4v) is 4.83. The molecule has 0 bridgehead atoms. The minimum atomic E-state index is -0.489. The topological polar surface area (TPSA) is 91.4 Å². The van der Waals surface area contributed by atoms with Crippen molar-refractivity contribution in [3.8, 4) is 0 Å². The average molecular weight is 479 g/mol. The van der Waals surface area contributed by atoms with Gasteiger partial charge in [0, 0.05) is 23.8 Å². The number of aryl methyl sites for hydroxylation is 2. The van der Waals surface area contributed by atoms with Crippen molar-refractivity contribution in [3.05, 3.63) is 79.4 Å². The number of carbonyl (C=O) groups is 1. The van der Waals surface area contributed by atoms with E-state index >= 15 is 0 Å². The fourth-order valence-electron chi connectivity index (χ4n) is 3.83. The third kappa shape index (κ3) is 4.63. The Morgan fingerprint density at radius 2 is 1.82 bits per heavy atom. The first kappa shape index (κ1) is 23.8. The van der Waals surface area contributed by atoms with Crippen LogP contribution in [0.15, 0.2) is 55.6 Å². The lowest BCUT2D eigenvalue weighted by molar-refractivity contribution is 0.0601. The number of nitrogens with zero attached hydrogens (tertiary/aromatic N) is 2. The van der Waals surface area contributed by atoms with Crippen LogP contribution in [0.4, 0.5) is 0 Å². The first-order valence-electron chi connectivity index (χ1n) is 11.0. The van der Waals surface area contributed by atoms with E-state index in [1.807, 2.05) is 39.8 Å². The molecule has 34 heavy (non-hydrogen) atoms. The summed E-state index contributed by atoms with van der Waals surface area (Å²) in [5.41, 5.74) is 3.68. The number of methoxy groups -OCH3 is 1. The second-order valence-corrected chi connectivity index (χ2v) is 9.68. The standard InChI is InChI=1S/C26H26N2O5S/c1-14(2)12-28-24(30)19-7-6-17(25(31)32-5)10-21(19)27-26(28)34-13-18-11-23(29)33-22-9-16(4)15(3)8-20(18)22/h6-11,14H,12-13H2,1-5H3. The summed E-state index contributed by atoms with van der Waals surface area (Å²) in [6.45, 7) is 8.56. The summed E-state index contributed by atoms with van der Waals surface area (Å²) >= 11 is 1.38. The zero-order valence-electron chi connectivity index (χ0n) is 19.8.